The second kappa shape index (κ2) is 10.4. The van der Waals surface area contributed by atoms with E-state index in [4.69, 9.17) is 4.74 Å². The lowest BCUT2D eigenvalue weighted by Gasteiger charge is -2.16. The quantitative estimate of drug-likeness (QED) is 0.440. The van der Waals surface area contributed by atoms with E-state index in [0.717, 1.165) is 19.4 Å². The summed E-state index contributed by atoms with van der Waals surface area (Å²) in [5.74, 6) is -1.38. The molecule has 2 aromatic rings. The molecule has 0 saturated carbocycles. The van der Waals surface area contributed by atoms with Gasteiger partial charge in [0.1, 0.15) is 5.82 Å². The number of anilines is 2. The normalized spacial score (nSPS) is 20.5. The van der Waals surface area contributed by atoms with Crippen LogP contribution in [-0.4, -0.2) is 59.5 Å². The first-order valence-corrected chi connectivity index (χ1v) is 12.0. The third-order valence-electron chi connectivity index (χ3n) is 5.15. The number of benzene rings is 1. The van der Waals surface area contributed by atoms with Gasteiger partial charge in [0.2, 0.25) is 22.9 Å². The van der Waals surface area contributed by atoms with Crippen molar-refractivity contribution in [1.29, 1.82) is 0 Å². The van der Waals surface area contributed by atoms with E-state index in [1.54, 1.807) is 0 Å². The lowest BCUT2D eigenvalue weighted by molar-refractivity contribution is -0.122. The number of ether oxygens (including phenoxy) is 1. The molecule has 2 atom stereocenters. The number of carbonyl (C=O) groups is 3. The fraction of sp³-hybridized carbons (Fsp3) is 0.450. The first kappa shape index (κ1) is 22.6. The van der Waals surface area contributed by atoms with Gasteiger partial charge >= 0.3 is 0 Å². The second-order valence-corrected chi connectivity index (χ2v) is 9.67. The number of aromatic nitrogens is 2. The molecule has 3 amide bonds. The fourth-order valence-electron chi connectivity index (χ4n) is 3.49. The van der Waals surface area contributed by atoms with Crippen molar-refractivity contribution in [3.63, 3.8) is 0 Å². The summed E-state index contributed by atoms with van der Waals surface area (Å²) >= 11 is 2.41. The van der Waals surface area contributed by atoms with Crippen molar-refractivity contribution < 1.29 is 23.5 Å². The second-order valence-electron chi connectivity index (χ2n) is 7.47. The Morgan fingerprint density at radius 1 is 1.28 bits per heavy atom. The lowest BCUT2D eigenvalue weighted by Crippen LogP contribution is -2.32. The fourth-order valence-corrected chi connectivity index (χ4v) is 5.08. The highest BCUT2D eigenvalue weighted by Gasteiger charge is 2.35. The van der Waals surface area contributed by atoms with Crippen LogP contribution in [0.25, 0.3) is 0 Å². The van der Waals surface area contributed by atoms with Gasteiger partial charge in [-0.25, -0.2) is 4.39 Å². The van der Waals surface area contributed by atoms with Crippen LogP contribution >= 0.6 is 23.1 Å². The predicted molar refractivity (Wildman–Crippen MR) is 118 cm³/mol. The van der Waals surface area contributed by atoms with Gasteiger partial charge in [0.05, 0.1) is 17.8 Å². The summed E-state index contributed by atoms with van der Waals surface area (Å²) < 4.78 is 19.1. The van der Waals surface area contributed by atoms with Crippen LogP contribution in [0.1, 0.15) is 19.3 Å². The van der Waals surface area contributed by atoms with Crippen molar-refractivity contribution >= 4 is 51.6 Å². The van der Waals surface area contributed by atoms with Crippen molar-refractivity contribution in [3.8, 4) is 0 Å². The number of thioether (sulfide) groups is 1. The van der Waals surface area contributed by atoms with E-state index in [2.05, 4.69) is 20.8 Å². The van der Waals surface area contributed by atoms with Crippen LogP contribution in [-0.2, 0) is 19.1 Å². The van der Waals surface area contributed by atoms with Crippen LogP contribution in [0, 0.1) is 11.7 Å². The maximum Gasteiger partial charge on any atom is 0.231 e. The Kier molecular flexibility index (Phi) is 7.33. The summed E-state index contributed by atoms with van der Waals surface area (Å²) in [6.45, 7) is 1.46. The van der Waals surface area contributed by atoms with Crippen LogP contribution < -0.4 is 15.5 Å². The molecule has 2 N–H and O–H groups in total. The molecule has 12 heteroatoms. The van der Waals surface area contributed by atoms with Crippen molar-refractivity contribution in [1.82, 2.24) is 15.5 Å². The minimum Gasteiger partial charge on any atom is -0.376 e. The molecule has 2 saturated heterocycles. The third kappa shape index (κ3) is 5.81. The highest BCUT2D eigenvalue weighted by Crippen LogP contribution is 2.28. The Morgan fingerprint density at radius 3 is 2.84 bits per heavy atom. The number of halogens is 1. The van der Waals surface area contributed by atoms with E-state index in [0.29, 0.717) is 21.7 Å². The Balaban J connectivity index is 1.23. The summed E-state index contributed by atoms with van der Waals surface area (Å²) in [5, 5.41) is 13.8. The van der Waals surface area contributed by atoms with Crippen molar-refractivity contribution in [2.45, 2.75) is 29.7 Å². The van der Waals surface area contributed by atoms with Gasteiger partial charge in [-0.3, -0.25) is 14.4 Å². The van der Waals surface area contributed by atoms with Crippen LogP contribution in [0.2, 0.25) is 0 Å². The smallest absolute Gasteiger partial charge is 0.231 e. The topological polar surface area (TPSA) is 114 Å². The highest BCUT2D eigenvalue weighted by atomic mass is 32.2. The van der Waals surface area contributed by atoms with Gasteiger partial charge in [0, 0.05) is 31.8 Å². The van der Waals surface area contributed by atoms with Gasteiger partial charge in [0.15, 0.2) is 4.34 Å². The van der Waals surface area contributed by atoms with Gasteiger partial charge < -0.3 is 20.3 Å². The maximum atomic E-state index is 13.1. The summed E-state index contributed by atoms with van der Waals surface area (Å²) in [5.41, 5.74) is 0.555. The van der Waals surface area contributed by atoms with E-state index in [1.165, 1.54) is 52.3 Å². The standard InChI is InChI=1S/C20H22FN5O4S2/c21-13-3-5-14(6-4-13)26-10-12(8-17(26)28)18(29)23-19-24-25-20(32-19)31-11-16(27)22-9-15-2-1-7-30-15/h3-6,12,15H,1-2,7-11H2,(H,22,27)(H,23,24,29)/t12-,15+/m1/s1. The number of hydrogen-bond donors (Lipinski definition) is 2. The molecule has 2 aliphatic heterocycles. The molecule has 0 radical (unpaired) electrons. The zero-order valence-corrected chi connectivity index (χ0v) is 18.7. The van der Waals surface area contributed by atoms with Gasteiger partial charge in [0.25, 0.3) is 0 Å². The first-order valence-electron chi connectivity index (χ1n) is 10.2. The Morgan fingerprint density at radius 2 is 2.09 bits per heavy atom. The molecular weight excluding hydrogens is 457 g/mol. The van der Waals surface area contributed by atoms with Crippen LogP contribution in [0.5, 0.6) is 0 Å². The number of rotatable bonds is 8. The average molecular weight is 480 g/mol. The molecule has 0 unspecified atom stereocenters. The molecule has 0 spiro atoms. The minimum absolute atomic E-state index is 0.0640. The molecule has 1 aromatic carbocycles. The van der Waals surface area contributed by atoms with Crippen molar-refractivity contribution in [2.75, 3.05) is 35.7 Å². The van der Waals surface area contributed by atoms with E-state index in [1.807, 2.05) is 0 Å². The van der Waals surface area contributed by atoms with E-state index < -0.39 is 5.92 Å². The first-order chi connectivity index (χ1) is 15.5. The average Bonchev–Trinajstić information content (AvgIpc) is 3.53. The number of amides is 3. The number of hydrogen-bond acceptors (Lipinski definition) is 8. The molecule has 0 aliphatic carbocycles. The zero-order chi connectivity index (χ0) is 22.5. The van der Waals surface area contributed by atoms with Gasteiger partial charge in [-0.2, -0.15) is 0 Å². The largest absolute Gasteiger partial charge is 0.376 e. The summed E-state index contributed by atoms with van der Waals surface area (Å²) in [4.78, 5) is 38.3. The molecule has 0 bridgehead atoms. The summed E-state index contributed by atoms with van der Waals surface area (Å²) in [6, 6.07) is 5.58. The third-order valence-corrected chi connectivity index (χ3v) is 7.12. The van der Waals surface area contributed by atoms with E-state index in [-0.39, 0.29) is 48.4 Å². The molecule has 32 heavy (non-hydrogen) atoms. The van der Waals surface area contributed by atoms with Crippen LogP contribution in [0.4, 0.5) is 15.2 Å². The van der Waals surface area contributed by atoms with Crippen molar-refractivity contribution in [2.24, 2.45) is 5.92 Å². The van der Waals surface area contributed by atoms with Gasteiger partial charge in [-0.15, -0.1) is 10.2 Å². The van der Waals surface area contributed by atoms with Gasteiger partial charge in [-0.1, -0.05) is 23.1 Å². The maximum absolute atomic E-state index is 13.1. The summed E-state index contributed by atoms with van der Waals surface area (Å²) in [7, 11) is 0. The van der Waals surface area contributed by atoms with Gasteiger partial charge in [-0.05, 0) is 37.1 Å². The molecule has 4 rings (SSSR count). The molecule has 1 aromatic heterocycles. The van der Waals surface area contributed by atoms with Crippen LogP contribution in [0.15, 0.2) is 28.6 Å². The molecule has 3 heterocycles. The molecule has 9 nitrogen and oxygen atoms in total. The minimum atomic E-state index is -0.545. The van der Waals surface area contributed by atoms with Crippen LogP contribution in [0.3, 0.4) is 0 Å². The van der Waals surface area contributed by atoms with E-state index >= 15 is 0 Å². The number of nitrogens with one attached hydrogen (secondary N) is 2. The molecular formula is C20H22FN5O4S2. The lowest BCUT2D eigenvalue weighted by atomic mass is 10.1. The monoisotopic (exact) mass is 479 g/mol. The number of carbonyl (C=O) groups excluding carboxylic acids is 3. The Hall–Kier alpha value is -2.57. The molecule has 2 fully saturated rings. The molecule has 170 valence electrons. The van der Waals surface area contributed by atoms with E-state index in [9.17, 15) is 18.8 Å². The Bertz CT molecular complexity index is 981. The number of nitrogens with zero attached hydrogens (tertiary/aromatic N) is 3. The molecule has 2 aliphatic rings. The SMILES string of the molecule is O=C(CSc1nnc(NC(=O)[C@@H]2CC(=O)N(c3ccc(F)cc3)C2)s1)NC[C@@H]1CCCO1. The predicted octanol–water partition coefficient (Wildman–Crippen LogP) is 2.06. The summed E-state index contributed by atoms with van der Waals surface area (Å²) in [6.07, 6.45) is 2.14. The van der Waals surface area contributed by atoms with Crippen molar-refractivity contribution in [3.05, 3.63) is 30.1 Å². The highest BCUT2D eigenvalue weighted by molar-refractivity contribution is 8.01. The zero-order valence-electron chi connectivity index (χ0n) is 17.1. The Labute approximate surface area is 192 Å².